The number of carbonyl (C=O) groups excluding carboxylic acids is 1. The molecule has 0 aromatic heterocycles. The van der Waals surface area contributed by atoms with Crippen LogP contribution in [-0.2, 0) is 9.53 Å². The van der Waals surface area contributed by atoms with Gasteiger partial charge in [0.25, 0.3) is 0 Å². The minimum atomic E-state index is -0.162. The molecule has 0 N–H and O–H groups in total. The molecule has 0 radical (unpaired) electrons. The van der Waals surface area contributed by atoms with Crippen LogP contribution in [0.1, 0.15) is 47.0 Å². The van der Waals surface area contributed by atoms with Crippen molar-refractivity contribution in [2.45, 2.75) is 53.1 Å². The van der Waals surface area contributed by atoms with Crippen molar-refractivity contribution in [2.24, 2.45) is 23.7 Å². The molecule has 0 bridgehead atoms. The number of rotatable bonds is 3. The summed E-state index contributed by atoms with van der Waals surface area (Å²) < 4.78 is 5.83. The first kappa shape index (κ1) is 14.4. The predicted octanol–water partition coefficient (Wildman–Crippen LogP) is 4.12. The molecule has 0 saturated heterocycles. The van der Waals surface area contributed by atoms with E-state index >= 15 is 0 Å². The molecule has 0 aliphatic heterocycles. The molecule has 2 rings (SSSR count). The Morgan fingerprint density at radius 3 is 2.68 bits per heavy atom. The Morgan fingerprint density at radius 1 is 1.37 bits per heavy atom. The van der Waals surface area contributed by atoms with Gasteiger partial charge in [-0.25, -0.2) is 0 Å². The van der Waals surface area contributed by atoms with E-state index in [0.29, 0.717) is 17.8 Å². The molecule has 4 atom stereocenters. The maximum absolute atomic E-state index is 12.2. The third kappa shape index (κ3) is 3.49. The summed E-state index contributed by atoms with van der Waals surface area (Å²) in [6.07, 6.45) is 9.50. The van der Waals surface area contributed by atoms with Gasteiger partial charge >= 0.3 is 5.97 Å². The number of carbonyl (C=O) groups is 1. The Morgan fingerprint density at radius 2 is 2.11 bits per heavy atom. The van der Waals surface area contributed by atoms with Crippen LogP contribution < -0.4 is 0 Å². The van der Waals surface area contributed by atoms with Crippen molar-refractivity contribution in [2.75, 3.05) is 0 Å². The quantitative estimate of drug-likeness (QED) is 0.715. The van der Waals surface area contributed by atoms with Crippen molar-refractivity contribution in [1.29, 1.82) is 0 Å². The first-order chi connectivity index (χ1) is 8.97. The molecule has 2 nitrogen and oxygen atoms in total. The number of hydrogen-bond acceptors (Lipinski definition) is 2. The molecule has 0 amide bonds. The highest BCUT2D eigenvalue weighted by Gasteiger charge is 2.34. The molecule has 2 aliphatic rings. The first-order valence-electron chi connectivity index (χ1n) is 7.54. The first-order valence-corrected chi connectivity index (χ1v) is 7.54. The van der Waals surface area contributed by atoms with E-state index in [4.69, 9.17) is 4.74 Å². The van der Waals surface area contributed by atoms with Gasteiger partial charge in [-0.2, -0.15) is 0 Å². The maximum Gasteiger partial charge on any atom is 0.316 e. The lowest BCUT2D eigenvalue weighted by molar-refractivity contribution is -0.157. The van der Waals surface area contributed by atoms with Gasteiger partial charge in [0.2, 0.25) is 0 Å². The van der Waals surface area contributed by atoms with E-state index in [1.807, 2.05) is 25.2 Å². The average molecular weight is 262 g/mol. The molecule has 1 fully saturated rings. The molecular formula is C17H26O2. The summed E-state index contributed by atoms with van der Waals surface area (Å²) in [5, 5.41) is 0. The van der Waals surface area contributed by atoms with Gasteiger partial charge in [0.05, 0.1) is 5.92 Å². The second-order valence-corrected chi connectivity index (χ2v) is 6.60. The highest BCUT2D eigenvalue weighted by atomic mass is 16.5. The van der Waals surface area contributed by atoms with Crippen molar-refractivity contribution < 1.29 is 9.53 Å². The number of esters is 1. The van der Waals surface area contributed by atoms with E-state index in [1.54, 1.807) is 0 Å². The summed E-state index contributed by atoms with van der Waals surface area (Å²) in [5.41, 5.74) is 1.15. The standard InChI is InChI=1S/C17H26O2/c1-11(2)15-8-6-13(4)10-16(15)19-17(18)14-7-5-12(3)9-14/h5,7,9,11,13-16H,6,8,10H2,1-4H3/t13-,14?,15+,16-/m1/s1. The molecule has 0 aromatic rings. The van der Waals surface area contributed by atoms with E-state index in [1.165, 1.54) is 12.8 Å². The van der Waals surface area contributed by atoms with Crippen LogP contribution in [0, 0.1) is 23.7 Å². The second-order valence-electron chi connectivity index (χ2n) is 6.60. The van der Waals surface area contributed by atoms with E-state index in [9.17, 15) is 4.79 Å². The lowest BCUT2D eigenvalue weighted by Crippen LogP contribution is -2.36. The Hall–Kier alpha value is -1.05. The normalized spacial score (nSPS) is 34.5. The van der Waals surface area contributed by atoms with Crippen LogP contribution in [0.2, 0.25) is 0 Å². The van der Waals surface area contributed by atoms with Crippen molar-refractivity contribution in [3.05, 3.63) is 23.8 Å². The molecule has 106 valence electrons. The zero-order chi connectivity index (χ0) is 14.0. The van der Waals surface area contributed by atoms with Gasteiger partial charge in [0, 0.05) is 0 Å². The number of ether oxygens (including phenoxy) is 1. The van der Waals surface area contributed by atoms with Crippen molar-refractivity contribution in [3.8, 4) is 0 Å². The van der Waals surface area contributed by atoms with E-state index in [2.05, 4.69) is 20.8 Å². The molecule has 0 aromatic carbocycles. The Kier molecular flexibility index (Phi) is 4.49. The number of hydrogen-bond donors (Lipinski definition) is 0. The van der Waals surface area contributed by atoms with Crippen LogP contribution in [0.5, 0.6) is 0 Å². The van der Waals surface area contributed by atoms with Gasteiger partial charge in [-0.05, 0) is 37.5 Å². The minimum absolute atomic E-state index is 0.0714. The van der Waals surface area contributed by atoms with E-state index < -0.39 is 0 Å². The lowest BCUT2D eigenvalue weighted by atomic mass is 9.75. The zero-order valence-electron chi connectivity index (χ0n) is 12.6. The van der Waals surface area contributed by atoms with Gasteiger partial charge in [0.1, 0.15) is 6.10 Å². The third-order valence-corrected chi connectivity index (χ3v) is 4.51. The fraction of sp³-hybridized carbons (Fsp3) is 0.706. The van der Waals surface area contributed by atoms with Crippen LogP contribution in [-0.4, -0.2) is 12.1 Å². The van der Waals surface area contributed by atoms with Gasteiger partial charge in [-0.3, -0.25) is 4.79 Å². The van der Waals surface area contributed by atoms with Gasteiger partial charge in [-0.15, -0.1) is 0 Å². The van der Waals surface area contributed by atoms with Gasteiger partial charge in [-0.1, -0.05) is 51.0 Å². The molecule has 19 heavy (non-hydrogen) atoms. The van der Waals surface area contributed by atoms with Crippen LogP contribution >= 0.6 is 0 Å². The second kappa shape index (κ2) is 5.94. The van der Waals surface area contributed by atoms with Crippen LogP contribution in [0.3, 0.4) is 0 Å². The van der Waals surface area contributed by atoms with E-state index in [0.717, 1.165) is 12.0 Å². The third-order valence-electron chi connectivity index (χ3n) is 4.51. The fourth-order valence-corrected chi connectivity index (χ4v) is 3.27. The van der Waals surface area contributed by atoms with Gasteiger partial charge < -0.3 is 4.74 Å². The maximum atomic E-state index is 12.2. The summed E-state index contributed by atoms with van der Waals surface area (Å²) in [6.45, 7) is 8.75. The van der Waals surface area contributed by atoms with Gasteiger partial charge in [0.15, 0.2) is 0 Å². The van der Waals surface area contributed by atoms with Crippen molar-refractivity contribution in [1.82, 2.24) is 0 Å². The SMILES string of the molecule is CC1=CC(C(=O)O[C@@H]2C[C@H](C)CC[C@H]2C(C)C)C=C1. The molecule has 2 heteroatoms. The summed E-state index contributed by atoms with van der Waals surface area (Å²) in [5.74, 6) is 1.55. The Bertz CT molecular complexity index is 392. The van der Waals surface area contributed by atoms with E-state index in [-0.39, 0.29) is 18.0 Å². The highest BCUT2D eigenvalue weighted by Crippen LogP contribution is 2.36. The molecule has 2 aliphatic carbocycles. The Labute approximate surface area is 116 Å². The Balaban J connectivity index is 1.99. The molecule has 0 heterocycles. The predicted molar refractivity (Wildman–Crippen MR) is 77.6 cm³/mol. The molecular weight excluding hydrogens is 236 g/mol. The minimum Gasteiger partial charge on any atom is -0.461 e. The fourth-order valence-electron chi connectivity index (χ4n) is 3.27. The molecule has 1 saturated carbocycles. The highest BCUT2D eigenvalue weighted by molar-refractivity contribution is 5.78. The summed E-state index contributed by atoms with van der Waals surface area (Å²) in [4.78, 5) is 12.2. The topological polar surface area (TPSA) is 26.3 Å². The van der Waals surface area contributed by atoms with Crippen LogP contribution in [0.4, 0.5) is 0 Å². The monoisotopic (exact) mass is 262 g/mol. The summed E-state index contributed by atoms with van der Waals surface area (Å²) in [7, 11) is 0. The molecule has 1 unspecified atom stereocenters. The summed E-state index contributed by atoms with van der Waals surface area (Å²) in [6, 6.07) is 0. The van der Waals surface area contributed by atoms with Crippen LogP contribution in [0.15, 0.2) is 23.8 Å². The smallest absolute Gasteiger partial charge is 0.316 e. The molecule has 0 spiro atoms. The van der Waals surface area contributed by atoms with Crippen molar-refractivity contribution >= 4 is 5.97 Å². The van der Waals surface area contributed by atoms with Crippen LogP contribution in [0.25, 0.3) is 0 Å². The lowest BCUT2D eigenvalue weighted by Gasteiger charge is -2.37. The number of allylic oxidation sites excluding steroid dienone is 2. The zero-order valence-corrected chi connectivity index (χ0v) is 12.6. The van der Waals surface area contributed by atoms with Crippen molar-refractivity contribution in [3.63, 3.8) is 0 Å². The average Bonchev–Trinajstić information content (AvgIpc) is 2.75. The largest absolute Gasteiger partial charge is 0.461 e. The summed E-state index contributed by atoms with van der Waals surface area (Å²) >= 11 is 0.